The first kappa shape index (κ1) is 22.4. The van der Waals surface area contributed by atoms with E-state index in [1.54, 1.807) is 19.2 Å². The van der Waals surface area contributed by atoms with Crippen molar-refractivity contribution < 1.29 is 27.4 Å². The Balaban J connectivity index is 1.87. The molecular weight excluding hydrogens is 408 g/mol. The molecule has 1 aliphatic heterocycles. The summed E-state index contributed by atoms with van der Waals surface area (Å²) in [5.41, 5.74) is 0.969. The van der Waals surface area contributed by atoms with Gasteiger partial charge in [0.25, 0.3) is 0 Å². The van der Waals surface area contributed by atoms with Crippen molar-refractivity contribution in [1.29, 1.82) is 0 Å². The fraction of sp³-hybridized carbons (Fsp3) is 0.429. The van der Waals surface area contributed by atoms with Gasteiger partial charge in [0.1, 0.15) is 22.1 Å². The number of nitrogens with one attached hydrogen (secondary N) is 1. The fourth-order valence-corrected chi connectivity index (χ4v) is 4.68. The van der Waals surface area contributed by atoms with Gasteiger partial charge >= 0.3 is 0 Å². The molecule has 1 heterocycles. The maximum atomic E-state index is 13.1. The normalized spacial score (nSPS) is 16.1. The zero-order valence-corrected chi connectivity index (χ0v) is 18.3. The second-order valence-corrected chi connectivity index (χ2v) is 8.54. The van der Waals surface area contributed by atoms with Crippen LogP contribution < -0.4 is 18.9 Å². The van der Waals surface area contributed by atoms with Crippen LogP contribution in [0.15, 0.2) is 47.4 Å². The maximum absolute atomic E-state index is 13.1. The van der Waals surface area contributed by atoms with Gasteiger partial charge in [0.2, 0.25) is 10.0 Å². The van der Waals surface area contributed by atoms with Crippen LogP contribution in [-0.4, -0.2) is 67.5 Å². The molecule has 0 unspecified atom stereocenters. The Bertz CT molecular complexity index is 944. The number of benzene rings is 2. The lowest BCUT2D eigenvalue weighted by Gasteiger charge is -2.35. The van der Waals surface area contributed by atoms with Gasteiger partial charge < -0.3 is 18.9 Å². The Hall–Kier alpha value is -2.33. The molecule has 1 saturated heterocycles. The molecule has 1 fully saturated rings. The van der Waals surface area contributed by atoms with Gasteiger partial charge in [-0.15, -0.1) is 0 Å². The Morgan fingerprint density at radius 3 is 2.37 bits per heavy atom. The average Bonchev–Trinajstić information content (AvgIpc) is 2.79. The number of methoxy groups -OCH3 is 3. The van der Waals surface area contributed by atoms with E-state index in [1.807, 2.05) is 24.3 Å². The van der Waals surface area contributed by atoms with Crippen LogP contribution in [0.5, 0.6) is 17.2 Å². The SMILES string of the molecule is COc1cccc([C@@H](CNS(=O)(=O)c2cc(OC)ccc2OC)N2CCOCC2)c1. The molecule has 0 spiro atoms. The molecule has 0 saturated carbocycles. The molecule has 0 amide bonds. The number of rotatable bonds is 9. The smallest absolute Gasteiger partial charge is 0.244 e. The first-order valence-corrected chi connectivity index (χ1v) is 11.1. The molecular formula is C21H28N2O6S. The van der Waals surface area contributed by atoms with E-state index in [9.17, 15) is 8.42 Å². The quantitative estimate of drug-likeness (QED) is 0.644. The van der Waals surface area contributed by atoms with Gasteiger partial charge in [-0.05, 0) is 29.8 Å². The van der Waals surface area contributed by atoms with E-state index in [0.717, 1.165) is 11.3 Å². The van der Waals surface area contributed by atoms with Gasteiger partial charge in [-0.2, -0.15) is 0 Å². The molecule has 2 aromatic rings. The van der Waals surface area contributed by atoms with Crippen molar-refractivity contribution in [3.63, 3.8) is 0 Å². The highest BCUT2D eigenvalue weighted by Crippen LogP contribution is 2.29. The molecule has 2 aromatic carbocycles. The van der Waals surface area contributed by atoms with Crippen molar-refractivity contribution >= 4 is 10.0 Å². The minimum atomic E-state index is -3.84. The summed E-state index contributed by atoms with van der Waals surface area (Å²) in [5.74, 6) is 1.42. The van der Waals surface area contributed by atoms with Crippen LogP contribution in [0.2, 0.25) is 0 Å². The summed E-state index contributed by atoms with van der Waals surface area (Å²) in [7, 11) is 0.702. The predicted octanol–water partition coefficient (Wildman–Crippen LogP) is 2.06. The van der Waals surface area contributed by atoms with E-state index in [1.165, 1.54) is 20.3 Å². The Labute approximate surface area is 177 Å². The van der Waals surface area contributed by atoms with E-state index in [-0.39, 0.29) is 23.2 Å². The van der Waals surface area contributed by atoms with E-state index in [0.29, 0.717) is 32.1 Å². The van der Waals surface area contributed by atoms with Gasteiger partial charge in [-0.1, -0.05) is 12.1 Å². The van der Waals surface area contributed by atoms with E-state index in [2.05, 4.69) is 9.62 Å². The van der Waals surface area contributed by atoms with Gasteiger partial charge in [0, 0.05) is 31.7 Å². The molecule has 8 nitrogen and oxygen atoms in total. The molecule has 164 valence electrons. The molecule has 0 aromatic heterocycles. The molecule has 0 aliphatic carbocycles. The molecule has 30 heavy (non-hydrogen) atoms. The van der Waals surface area contributed by atoms with Crippen LogP contribution in [0.3, 0.4) is 0 Å². The molecule has 9 heteroatoms. The average molecular weight is 437 g/mol. The topological polar surface area (TPSA) is 86.3 Å². The Morgan fingerprint density at radius 2 is 1.70 bits per heavy atom. The summed E-state index contributed by atoms with van der Waals surface area (Å²) < 4.78 is 50.2. The second kappa shape index (κ2) is 10.1. The lowest BCUT2D eigenvalue weighted by Crippen LogP contribution is -2.43. The van der Waals surface area contributed by atoms with Gasteiger partial charge in [-0.25, -0.2) is 13.1 Å². The van der Waals surface area contributed by atoms with Gasteiger partial charge in [0.15, 0.2) is 0 Å². The van der Waals surface area contributed by atoms with E-state index >= 15 is 0 Å². The summed E-state index contributed by atoms with van der Waals surface area (Å²) in [6, 6.07) is 12.2. The zero-order chi connectivity index (χ0) is 21.6. The van der Waals surface area contributed by atoms with Gasteiger partial charge in [-0.3, -0.25) is 4.90 Å². The molecule has 1 aliphatic rings. The number of morpholine rings is 1. The van der Waals surface area contributed by atoms with Crippen molar-refractivity contribution in [1.82, 2.24) is 9.62 Å². The summed E-state index contributed by atoms with van der Waals surface area (Å²) in [4.78, 5) is 2.25. The number of ether oxygens (including phenoxy) is 4. The summed E-state index contributed by atoms with van der Waals surface area (Å²) in [6.45, 7) is 2.84. The third kappa shape index (κ3) is 5.23. The van der Waals surface area contributed by atoms with Crippen LogP contribution in [0.1, 0.15) is 11.6 Å². The third-order valence-corrected chi connectivity index (χ3v) is 6.54. The minimum Gasteiger partial charge on any atom is -0.497 e. The largest absolute Gasteiger partial charge is 0.497 e. The minimum absolute atomic E-state index is 0.0377. The van der Waals surface area contributed by atoms with Crippen LogP contribution >= 0.6 is 0 Å². The van der Waals surface area contributed by atoms with E-state index in [4.69, 9.17) is 18.9 Å². The second-order valence-electron chi connectivity index (χ2n) is 6.81. The lowest BCUT2D eigenvalue weighted by atomic mass is 10.0. The first-order valence-electron chi connectivity index (χ1n) is 9.66. The summed E-state index contributed by atoms with van der Waals surface area (Å²) in [6.07, 6.45) is 0. The highest BCUT2D eigenvalue weighted by molar-refractivity contribution is 7.89. The van der Waals surface area contributed by atoms with Gasteiger partial charge in [0.05, 0.1) is 34.5 Å². The standard InChI is InChI=1S/C21H28N2O6S/c1-26-17-6-4-5-16(13-17)19(23-9-11-29-12-10-23)15-22-30(24,25)21-14-18(27-2)7-8-20(21)28-3/h4-8,13-14,19,22H,9-12,15H2,1-3H3/t19-/m1/s1. The van der Waals surface area contributed by atoms with Crippen LogP contribution in [0.4, 0.5) is 0 Å². The van der Waals surface area contributed by atoms with Crippen molar-refractivity contribution in [3.05, 3.63) is 48.0 Å². The third-order valence-electron chi connectivity index (χ3n) is 5.09. The highest BCUT2D eigenvalue weighted by Gasteiger charge is 2.27. The molecule has 1 atom stereocenters. The van der Waals surface area contributed by atoms with Crippen molar-refractivity contribution in [2.24, 2.45) is 0 Å². The zero-order valence-electron chi connectivity index (χ0n) is 17.5. The monoisotopic (exact) mass is 436 g/mol. The van der Waals surface area contributed by atoms with Crippen molar-refractivity contribution in [2.45, 2.75) is 10.9 Å². The summed E-state index contributed by atoms with van der Waals surface area (Å²) in [5, 5.41) is 0. The predicted molar refractivity (Wildman–Crippen MR) is 113 cm³/mol. The van der Waals surface area contributed by atoms with Crippen LogP contribution in [-0.2, 0) is 14.8 Å². The van der Waals surface area contributed by atoms with Crippen LogP contribution in [0, 0.1) is 0 Å². The molecule has 0 bridgehead atoms. The Kier molecular flexibility index (Phi) is 7.54. The number of hydrogen-bond donors (Lipinski definition) is 1. The Morgan fingerprint density at radius 1 is 1.00 bits per heavy atom. The fourth-order valence-electron chi connectivity index (χ4n) is 3.46. The van der Waals surface area contributed by atoms with Crippen LogP contribution in [0.25, 0.3) is 0 Å². The number of nitrogens with zero attached hydrogens (tertiary/aromatic N) is 1. The van der Waals surface area contributed by atoms with E-state index < -0.39 is 10.0 Å². The highest BCUT2D eigenvalue weighted by atomic mass is 32.2. The maximum Gasteiger partial charge on any atom is 0.244 e. The van der Waals surface area contributed by atoms with Crippen molar-refractivity contribution in [2.75, 3.05) is 54.2 Å². The lowest BCUT2D eigenvalue weighted by molar-refractivity contribution is 0.0171. The summed E-state index contributed by atoms with van der Waals surface area (Å²) >= 11 is 0. The first-order chi connectivity index (χ1) is 14.5. The van der Waals surface area contributed by atoms with Crippen molar-refractivity contribution in [3.8, 4) is 17.2 Å². The molecule has 0 radical (unpaired) electrons. The number of hydrogen-bond acceptors (Lipinski definition) is 7. The molecule has 3 rings (SSSR count). The number of sulfonamides is 1. The molecule has 1 N–H and O–H groups in total.